The normalized spacial score (nSPS) is 12.4. The van der Waals surface area contributed by atoms with Gasteiger partial charge < -0.3 is 5.32 Å². The fourth-order valence-corrected chi connectivity index (χ4v) is 5.24. The topological polar surface area (TPSA) is 66.5 Å². The van der Waals surface area contributed by atoms with E-state index in [4.69, 9.17) is 11.6 Å². The summed E-state index contributed by atoms with van der Waals surface area (Å²) < 4.78 is 26.0. The van der Waals surface area contributed by atoms with Crippen molar-refractivity contribution in [2.45, 2.75) is 32.1 Å². The Hall–Kier alpha value is -1.70. The number of aryl methyl sites for hydroxylation is 1. The number of nitrogens with zero attached hydrogens (tertiary/aromatic N) is 1. The van der Waals surface area contributed by atoms with Crippen molar-refractivity contribution in [3.63, 3.8) is 0 Å². The van der Waals surface area contributed by atoms with Crippen LogP contribution in [0.1, 0.15) is 24.5 Å². The molecule has 1 unspecified atom stereocenters. The van der Waals surface area contributed by atoms with Gasteiger partial charge in [0.05, 0.1) is 11.9 Å². The van der Waals surface area contributed by atoms with Crippen LogP contribution in [0.5, 0.6) is 0 Å². The zero-order valence-corrected chi connectivity index (χ0v) is 19.3. The summed E-state index contributed by atoms with van der Waals surface area (Å²) in [6.07, 6.45) is 1.47. The molecule has 0 aliphatic heterocycles. The van der Waals surface area contributed by atoms with Crippen molar-refractivity contribution in [1.82, 2.24) is 5.32 Å². The van der Waals surface area contributed by atoms with Gasteiger partial charge in [-0.05, 0) is 48.7 Å². The fraction of sp³-hybridized carbons (Fsp3) is 0.381. The highest BCUT2D eigenvalue weighted by atomic mass is 35.5. The molecule has 0 bridgehead atoms. The largest absolute Gasteiger partial charge is 0.353 e. The Bertz CT molecular complexity index is 918. The number of benzene rings is 2. The number of thioether (sulfide) groups is 1. The molecule has 2 aromatic rings. The second kappa shape index (κ2) is 10.9. The van der Waals surface area contributed by atoms with Gasteiger partial charge in [0.15, 0.2) is 0 Å². The van der Waals surface area contributed by atoms with E-state index >= 15 is 0 Å². The molecule has 0 aliphatic carbocycles. The molecule has 0 heterocycles. The Morgan fingerprint density at radius 2 is 1.83 bits per heavy atom. The van der Waals surface area contributed by atoms with E-state index in [2.05, 4.69) is 24.4 Å². The first-order chi connectivity index (χ1) is 13.7. The van der Waals surface area contributed by atoms with Crippen molar-refractivity contribution < 1.29 is 13.2 Å². The predicted octanol–water partition coefficient (Wildman–Crippen LogP) is 4.24. The molecule has 0 saturated carbocycles. The highest BCUT2D eigenvalue weighted by Gasteiger charge is 2.31. The number of halogens is 1. The molecule has 8 heteroatoms. The van der Waals surface area contributed by atoms with Crippen LogP contribution in [0.2, 0.25) is 5.02 Å². The van der Waals surface area contributed by atoms with Crippen LogP contribution in [-0.4, -0.2) is 38.9 Å². The van der Waals surface area contributed by atoms with Gasteiger partial charge in [-0.3, -0.25) is 9.10 Å². The van der Waals surface area contributed by atoms with E-state index in [-0.39, 0.29) is 5.91 Å². The number of rotatable bonds is 10. The third-order valence-electron chi connectivity index (χ3n) is 4.48. The number of sulfonamides is 1. The quantitative estimate of drug-likeness (QED) is 0.545. The maximum atomic E-state index is 12.7. The molecule has 5 nitrogen and oxygen atoms in total. The van der Waals surface area contributed by atoms with Gasteiger partial charge in [0.1, 0.15) is 6.04 Å². The van der Waals surface area contributed by atoms with Crippen molar-refractivity contribution in [2.75, 3.05) is 22.9 Å². The Labute approximate surface area is 182 Å². The summed E-state index contributed by atoms with van der Waals surface area (Å²) >= 11 is 7.64. The standard InChI is InChI=1S/C21H27ClN2O3S2/c1-4-20(24(29(3,26)27)19-11-9-18(22)10-12-19)21(25)23-13-14-28-15-17-8-6-5-7-16(17)2/h5-12,20H,4,13-15H2,1-3H3,(H,23,25). The van der Waals surface area contributed by atoms with Crippen LogP contribution in [-0.2, 0) is 20.6 Å². The smallest absolute Gasteiger partial charge is 0.243 e. The summed E-state index contributed by atoms with van der Waals surface area (Å²) in [6.45, 7) is 4.36. The summed E-state index contributed by atoms with van der Waals surface area (Å²) in [4.78, 5) is 12.7. The molecule has 1 N–H and O–H groups in total. The SMILES string of the molecule is CCC(C(=O)NCCSCc1ccccc1C)N(c1ccc(Cl)cc1)S(C)(=O)=O. The van der Waals surface area contributed by atoms with E-state index < -0.39 is 16.1 Å². The summed E-state index contributed by atoms with van der Waals surface area (Å²) in [5.74, 6) is 1.32. The van der Waals surface area contributed by atoms with Gasteiger partial charge in [0.25, 0.3) is 0 Å². The fourth-order valence-electron chi connectivity index (χ4n) is 2.97. The minimum absolute atomic E-state index is 0.302. The molecule has 0 saturated heterocycles. The Balaban J connectivity index is 1.97. The number of nitrogens with one attached hydrogen (secondary N) is 1. The van der Waals surface area contributed by atoms with Crippen molar-refractivity contribution in [3.05, 3.63) is 64.7 Å². The molecule has 2 aromatic carbocycles. The number of hydrogen-bond donors (Lipinski definition) is 1. The molecule has 0 aromatic heterocycles. The lowest BCUT2D eigenvalue weighted by Crippen LogP contribution is -2.49. The minimum Gasteiger partial charge on any atom is -0.353 e. The second-order valence-electron chi connectivity index (χ2n) is 6.73. The van der Waals surface area contributed by atoms with Crippen LogP contribution < -0.4 is 9.62 Å². The number of anilines is 1. The number of amides is 1. The molecule has 0 radical (unpaired) electrons. The first kappa shape index (κ1) is 23.6. The van der Waals surface area contributed by atoms with Crippen LogP contribution >= 0.6 is 23.4 Å². The number of carbonyl (C=O) groups is 1. The maximum absolute atomic E-state index is 12.7. The molecular weight excluding hydrogens is 428 g/mol. The van der Waals surface area contributed by atoms with Gasteiger partial charge >= 0.3 is 0 Å². The lowest BCUT2D eigenvalue weighted by atomic mass is 10.1. The summed E-state index contributed by atoms with van der Waals surface area (Å²) in [5.41, 5.74) is 2.95. The van der Waals surface area contributed by atoms with Crippen LogP contribution in [0.25, 0.3) is 0 Å². The zero-order chi connectivity index (χ0) is 21.4. The van der Waals surface area contributed by atoms with Crippen molar-refractivity contribution in [1.29, 1.82) is 0 Å². The molecule has 0 spiro atoms. The highest BCUT2D eigenvalue weighted by molar-refractivity contribution is 7.98. The third kappa shape index (κ3) is 6.94. The minimum atomic E-state index is -3.64. The lowest BCUT2D eigenvalue weighted by Gasteiger charge is -2.30. The van der Waals surface area contributed by atoms with Crippen molar-refractivity contribution in [3.8, 4) is 0 Å². The van der Waals surface area contributed by atoms with Crippen LogP contribution in [0.15, 0.2) is 48.5 Å². The Morgan fingerprint density at radius 3 is 2.41 bits per heavy atom. The average Bonchev–Trinajstić information content (AvgIpc) is 2.67. The molecule has 0 fully saturated rings. The van der Waals surface area contributed by atoms with E-state index in [0.717, 1.165) is 17.8 Å². The van der Waals surface area contributed by atoms with Gasteiger partial charge in [-0.2, -0.15) is 11.8 Å². The van der Waals surface area contributed by atoms with E-state index in [1.807, 2.05) is 12.1 Å². The third-order valence-corrected chi connectivity index (χ3v) is 6.92. The summed E-state index contributed by atoms with van der Waals surface area (Å²) in [6, 6.07) is 13.9. The van der Waals surface area contributed by atoms with E-state index in [0.29, 0.717) is 23.7 Å². The number of carbonyl (C=O) groups excluding carboxylic acids is 1. The monoisotopic (exact) mass is 454 g/mol. The molecular formula is C21H27ClN2O3S2. The first-order valence-electron chi connectivity index (χ1n) is 9.39. The molecule has 0 aliphatic rings. The van der Waals surface area contributed by atoms with Crippen molar-refractivity contribution in [2.24, 2.45) is 0 Å². The molecule has 29 heavy (non-hydrogen) atoms. The molecule has 158 valence electrons. The van der Waals surface area contributed by atoms with E-state index in [9.17, 15) is 13.2 Å². The molecule has 1 atom stereocenters. The maximum Gasteiger partial charge on any atom is 0.243 e. The average molecular weight is 455 g/mol. The zero-order valence-electron chi connectivity index (χ0n) is 16.9. The van der Waals surface area contributed by atoms with Gasteiger partial charge in [0.2, 0.25) is 15.9 Å². The van der Waals surface area contributed by atoms with Gasteiger partial charge in [0, 0.05) is 23.1 Å². The molecule has 2 rings (SSSR count). The van der Waals surface area contributed by atoms with Crippen LogP contribution in [0.3, 0.4) is 0 Å². The van der Waals surface area contributed by atoms with Crippen molar-refractivity contribution >= 4 is 45.0 Å². The van der Waals surface area contributed by atoms with Crippen LogP contribution in [0, 0.1) is 6.92 Å². The van der Waals surface area contributed by atoms with Crippen LogP contribution in [0.4, 0.5) is 5.69 Å². The van der Waals surface area contributed by atoms with Gasteiger partial charge in [-0.25, -0.2) is 8.42 Å². The van der Waals surface area contributed by atoms with E-state index in [1.165, 1.54) is 15.4 Å². The van der Waals surface area contributed by atoms with E-state index in [1.54, 1.807) is 43.0 Å². The van der Waals surface area contributed by atoms with Gasteiger partial charge in [-0.1, -0.05) is 42.8 Å². The van der Waals surface area contributed by atoms with Gasteiger partial charge in [-0.15, -0.1) is 0 Å². The Morgan fingerprint density at radius 1 is 1.17 bits per heavy atom. The summed E-state index contributed by atoms with van der Waals surface area (Å²) in [5, 5.41) is 3.38. The second-order valence-corrected chi connectivity index (χ2v) is 10.1. The lowest BCUT2D eigenvalue weighted by molar-refractivity contribution is -0.122. The first-order valence-corrected chi connectivity index (χ1v) is 12.8. The predicted molar refractivity (Wildman–Crippen MR) is 123 cm³/mol. The Kier molecular flexibility index (Phi) is 8.86. The summed E-state index contributed by atoms with van der Waals surface area (Å²) in [7, 11) is -3.64. The molecule has 1 amide bonds. The highest BCUT2D eigenvalue weighted by Crippen LogP contribution is 2.24. The number of hydrogen-bond acceptors (Lipinski definition) is 4.